The lowest BCUT2D eigenvalue weighted by molar-refractivity contribution is -0.115. The molecule has 0 aromatic heterocycles. The zero-order valence-electron chi connectivity index (χ0n) is 10.1. The molecular formula is C13H15N3O2. The van der Waals surface area contributed by atoms with Crippen LogP contribution in [0.4, 0.5) is 11.4 Å². The Hall–Kier alpha value is -2.06. The summed E-state index contributed by atoms with van der Waals surface area (Å²) in [7, 11) is 0. The summed E-state index contributed by atoms with van der Waals surface area (Å²) in [6, 6.07) is 9.46. The number of carbonyl (C=O) groups excluding carboxylic acids is 1. The highest BCUT2D eigenvalue weighted by Crippen LogP contribution is 2.26. The number of benzene rings is 1. The fourth-order valence-electron chi connectivity index (χ4n) is 1.93. The molecule has 0 aliphatic carbocycles. The highest BCUT2D eigenvalue weighted by molar-refractivity contribution is 5.95. The molecule has 18 heavy (non-hydrogen) atoms. The van der Waals surface area contributed by atoms with Crippen LogP contribution in [0.2, 0.25) is 0 Å². The number of para-hydroxylation sites is 2. The molecule has 1 saturated heterocycles. The Bertz CT molecular complexity index is 462. The summed E-state index contributed by atoms with van der Waals surface area (Å²) >= 11 is 0. The number of ether oxygens (including phenoxy) is 1. The maximum absolute atomic E-state index is 11.5. The number of rotatable bonds is 3. The van der Waals surface area contributed by atoms with Crippen LogP contribution in [0.25, 0.3) is 0 Å². The number of nitrogens with zero attached hydrogens (tertiary/aromatic N) is 2. The van der Waals surface area contributed by atoms with Crippen LogP contribution < -0.4 is 10.2 Å². The van der Waals surface area contributed by atoms with Crippen molar-refractivity contribution in [2.45, 2.75) is 6.42 Å². The molecule has 0 bridgehead atoms. The summed E-state index contributed by atoms with van der Waals surface area (Å²) in [4.78, 5) is 13.6. The van der Waals surface area contributed by atoms with Crippen molar-refractivity contribution in [3.8, 4) is 6.07 Å². The van der Waals surface area contributed by atoms with E-state index in [9.17, 15) is 4.79 Å². The van der Waals surface area contributed by atoms with Crippen LogP contribution in [0.3, 0.4) is 0 Å². The number of amides is 1. The number of hydrogen-bond acceptors (Lipinski definition) is 4. The van der Waals surface area contributed by atoms with Crippen molar-refractivity contribution in [1.82, 2.24) is 0 Å². The van der Waals surface area contributed by atoms with Crippen LogP contribution in [0, 0.1) is 11.3 Å². The molecule has 0 saturated carbocycles. The molecule has 94 valence electrons. The van der Waals surface area contributed by atoms with E-state index in [2.05, 4.69) is 10.2 Å². The Morgan fingerprint density at radius 1 is 1.39 bits per heavy atom. The van der Waals surface area contributed by atoms with Gasteiger partial charge < -0.3 is 15.0 Å². The summed E-state index contributed by atoms with van der Waals surface area (Å²) < 4.78 is 5.31. The van der Waals surface area contributed by atoms with Gasteiger partial charge in [-0.15, -0.1) is 0 Å². The lowest BCUT2D eigenvalue weighted by atomic mass is 10.2. The van der Waals surface area contributed by atoms with E-state index in [1.807, 2.05) is 30.3 Å². The minimum atomic E-state index is -0.279. The molecule has 1 fully saturated rings. The molecule has 1 aromatic rings. The Morgan fingerprint density at radius 2 is 2.11 bits per heavy atom. The fraction of sp³-hybridized carbons (Fsp3) is 0.385. The fourth-order valence-corrected chi connectivity index (χ4v) is 1.93. The summed E-state index contributed by atoms with van der Waals surface area (Å²) in [5.41, 5.74) is 1.73. The third-order valence-corrected chi connectivity index (χ3v) is 2.77. The maximum Gasteiger partial charge on any atom is 0.238 e. The molecule has 1 aromatic carbocycles. The highest BCUT2D eigenvalue weighted by atomic mass is 16.5. The van der Waals surface area contributed by atoms with Crippen LogP contribution in [0.15, 0.2) is 24.3 Å². The van der Waals surface area contributed by atoms with Crippen LogP contribution in [-0.2, 0) is 9.53 Å². The topological polar surface area (TPSA) is 65.4 Å². The average Bonchev–Trinajstić information content (AvgIpc) is 2.40. The molecular weight excluding hydrogens is 230 g/mol. The number of hydrogen-bond donors (Lipinski definition) is 1. The van der Waals surface area contributed by atoms with Gasteiger partial charge in [-0.25, -0.2) is 0 Å². The highest BCUT2D eigenvalue weighted by Gasteiger charge is 2.15. The zero-order chi connectivity index (χ0) is 12.8. The van der Waals surface area contributed by atoms with Crippen molar-refractivity contribution < 1.29 is 9.53 Å². The summed E-state index contributed by atoms with van der Waals surface area (Å²) in [5.74, 6) is -0.279. The van der Waals surface area contributed by atoms with Gasteiger partial charge in [-0.2, -0.15) is 5.26 Å². The predicted octanol–water partition coefficient (Wildman–Crippen LogP) is 1.38. The maximum atomic E-state index is 11.5. The van der Waals surface area contributed by atoms with Gasteiger partial charge in [0.05, 0.1) is 30.7 Å². The van der Waals surface area contributed by atoms with Gasteiger partial charge in [-0.3, -0.25) is 4.79 Å². The lowest BCUT2D eigenvalue weighted by Crippen LogP contribution is -2.36. The van der Waals surface area contributed by atoms with Gasteiger partial charge in [0.1, 0.15) is 6.42 Å². The van der Waals surface area contributed by atoms with Crippen LogP contribution in [0.5, 0.6) is 0 Å². The molecule has 1 amide bonds. The largest absolute Gasteiger partial charge is 0.378 e. The molecule has 1 aliphatic rings. The van der Waals surface area contributed by atoms with Crippen molar-refractivity contribution in [2.75, 3.05) is 36.5 Å². The van der Waals surface area contributed by atoms with Crippen LogP contribution >= 0.6 is 0 Å². The van der Waals surface area contributed by atoms with E-state index in [0.717, 1.165) is 24.5 Å². The molecule has 1 aliphatic heterocycles. The molecule has 0 radical (unpaired) electrons. The second-order valence-corrected chi connectivity index (χ2v) is 4.00. The number of anilines is 2. The van der Waals surface area contributed by atoms with Crippen molar-refractivity contribution in [3.05, 3.63) is 24.3 Å². The number of carbonyl (C=O) groups is 1. The standard InChI is InChI=1S/C13H15N3O2/c14-6-5-13(17)15-11-3-1-2-4-12(11)16-7-9-18-10-8-16/h1-4H,5,7-10H2,(H,15,17). The predicted molar refractivity (Wildman–Crippen MR) is 68.3 cm³/mol. The van der Waals surface area contributed by atoms with Crippen molar-refractivity contribution in [3.63, 3.8) is 0 Å². The normalized spacial score (nSPS) is 14.9. The van der Waals surface area contributed by atoms with Crippen LogP contribution in [0.1, 0.15) is 6.42 Å². The Balaban J connectivity index is 2.14. The third-order valence-electron chi connectivity index (χ3n) is 2.77. The Morgan fingerprint density at radius 3 is 2.83 bits per heavy atom. The van der Waals surface area contributed by atoms with E-state index >= 15 is 0 Å². The van der Waals surface area contributed by atoms with E-state index in [-0.39, 0.29) is 12.3 Å². The molecule has 1 heterocycles. The van der Waals surface area contributed by atoms with E-state index in [4.69, 9.17) is 10.00 Å². The molecule has 5 nitrogen and oxygen atoms in total. The van der Waals surface area contributed by atoms with Crippen molar-refractivity contribution in [2.24, 2.45) is 0 Å². The van der Waals surface area contributed by atoms with Crippen molar-refractivity contribution >= 4 is 17.3 Å². The smallest absolute Gasteiger partial charge is 0.238 e. The summed E-state index contributed by atoms with van der Waals surface area (Å²) in [6.45, 7) is 3.01. The van der Waals surface area contributed by atoms with Crippen molar-refractivity contribution in [1.29, 1.82) is 5.26 Å². The quantitative estimate of drug-likeness (QED) is 0.873. The minimum Gasteiger partial charge on any atom is -0.378 e. The number of nitrogens with one attached hydrogen (secondary N) is 1. The first-order chi connectivity index (χ1) is 8.81. The van der Waals surface area contributed by atoms with Gasteiger partial charge in [-0.05, 0) is 12.1 Å². The van der Waals surface area contributed by atoms with Gasteiger partial charge in [0.25, 0.3) is 0 Å². The Kier molecular flexibility index (Phi) is 4.15. The summed E-state index contributed by atoms with van der Waals surface area (Å²) in [6.07, 6.45) is -0.128. The van der Waals surface area contributed by atoms with Gasteiger partial charge in [0.2, 0.25) is 5.91 Å². The first-order valence-electron chi connectivity index (χ1n) is 5.90. The Labute approximate surface area is 106 Å². The summed E-state index contributed by atoms with van der Waals surface area (Å²) in [5, 5.41) is 11.3. The monoisotopic (exact) mass is 245 g/mol. The first kappa shape index (κ1) is 12.4. The van der Waals surface area contributed by atoms with E-state index < -0.39 is 0 Å². The van der Waals surface area contributed by atoms with Gasteiger partial charge in [-0.1, -0.05) is 12.1 Å². The lowest BCUT2D eigenvalue weighted by Gasteiger charge is -2.30. The van der Waals surface area contributed by atoms with E-state index in [0.29, 0.717) is 13.2 Å². The van der Waals surface area contributed by atoms with Crippen LogP contribution in [-0.4, -0.2) is 32.2 Å². The second kappa shape index (κ2) is 6.03. The molecule has 0 atom stereocenters. The number of nitriles is 1. The first-order valence-corrected chi connectivity index (χ1v) is 5.90. The van der Waals surface area contributed by atoms with Gasteiger partial charge in [0, 0.05) is 13.1 Å². The minimum absolute atomic E-state index is 0.128. The zero-order valence-corrected chi connectivity index (χ0v) is 10.1. The van der Waals surface area contributed by atoms with Gasteiger partial charge >= 0.3 is 0 Å². The molecule has 2 rings (SSSR count). The SMILES string of the molecule is N#CCC(=O)Nc1ccccc1N1CCOCC1. The van der Waals surface area contributed by atoms with E-state index in [1.165, 1.54) is 0 Å². The number of morpholine rings is 1. The molecule has 1 N–H and O–H groups in total. The van der Waals surface area contributed by atoms with E-state index in [1.54, 1.807) is 0 Å². The van der Waals surface area contributed by atoms with Gasteiger partial charge in [0.15, 0.2) is 0 Å². The third kappa shape index (κ3) is 2.99. The molecule has 5 heteroatoms. The molecule has 0 spiro atoms. The molecule has 0 unspecified atom stereocenters. The second-order valence-electron chi connectivity index (χ2n) is 4.00. The average molecular weight is 245 g/mol.